The molecular formula is C12H20ClNO. The van der Waals surface area contributed by atoms with Crippen molar-refractivity contribution >= 4 is 11.6 Å². The smallest absolute Gasteiger partial charge is 0.193 e. The fourth-order valence-electron chi connectivity index (χ4n) is 1.63. The van der Waals surface area contributed by atoms with Gasteiger partial charge in [-0.15, -0.1) is 0 Å². The van der Waals surface area contributed by atoms with Crippen LogP contribution in [-0.2, 0) is 0 Å². The zero-order valence-corrected chi connectivity index (χ0v) is 10.5. The summed E-state index contributed by atoms with van der Waals surface area (Å²) in [6.45, 7) is 7.52. The van der Waals surface area contributed by atoms with Crippen molar-refractivity contribution in [1.82, 2.24) is 5.32 Å². The van der Waals surface area contributed by atoms with Crippen LogP contribution in [0.5, 0.6) is 0 Å². The lowest BCUT2D eigenvalue weighted by Crippen LogP contribution is -2.22. The third-order valence-corrected chi connectivity index (χ3v) is 2.93. The van der Waals surface area contributed by atoms with Gasteiger partial charge in [0.05, 0.1) is 6.04 Å². The summed E-state index contributed by atoms with van der Waals surface area (Å²) in [5.74, 6) is 1.64. The molecular weight excluding hydrogens is 210 g/mol. The Morgan fingerprint density at radius 1 is 1.40 bits per heavy atom. The summed E-state index contributed by atoms with van der Waals surface area (Å²) in [7, 11) is 0. The van der Waals surface area contributed by atoms with Crippen LogP contribution in [0.25, 0.3) is 0 Å². The molecule has 1 aromatic rings. The zero-order valence-electron chi connectivity index (χ0n) is 9.72. The normalized spacial score (nSPS) is 15.2. The van der Waals surface area contributed by atoms with E-state index >= 15 is 0 Å². The van der Waals surface area contributed by atoms with Crippen LogP contribution < -0.4 is 5.32 Å². The Morgan fingerprint density at radius 2 is 2.13 bits per heavy atom. The number of hydrogen-bond acceptors (Lipinski definition) is 2. The van der Waals surface area contributed by atoms with Crippen LogP contribution in [0.15, 0.2) is 16.5 Å². The molecule has 2 atom stereocenters. The first kappa shape index (κ1) is 12.6. The van der Waals surface area contributed by atoms with E-state index in [1.54, 1.807) is 6.07 Å². The van der Waals surface area contributed by atoms with Gasteiger partial charge in [0.2, 0.25) is 0 Å². The van der Waals surface area contributed by atoms with Crippen LogP contribution in [-0.4, -0.2) is 6.54 Å². The van der Waals surface area contributed by atoms with Gasteiger partial charge in [0.15, 0.2) is 5.22 Å². The number of rotatable bonds is 6. The largest absolute Gasteiger partial charge is 0.448 e. The van der Waals surface area contributed by atoms with Crippen molar-refractivity contribution in [2.45, 2.75) is 39.7 Å². The molecule has 0 radical (unpaired) electrons. The van der Waals surface area contributed by atoms with E-state index in [0.717, 1.165) is 18.7 Å². The first-order valence-electron chi connectivity index (χ1n) is 5.66. The van der Waals surface area contributed by atoms with Crippen LogP contribution in [0.3, 0.4) is 0 Å². The second kappa shape index (κ2) is 6.19. The lowest BCUT2D eigenvalue weighted by Gasteiger charge is -2.18. The van der Waals surface area contributed by atoms with Gasteiger partial charge in [-0.3, -0.25) is 0 Å². The third kappa shape index (κ3) is 3.88. The molecule has 0 aliphatic rings. The predicted octanol–water partition coefficient (Wildman–Crippen LogP) is 4.02. The van der Waals surface area contributed by atoms with Gasteiger partial charge in [-0.2, -0.15) is 0 Å². The highest BCUT2D eigenvalue weighted by Gasteiger charge is 2.16. The fraction of sp³-hybridized carbons (Fsp3) is 0.667. The van der Waals surface area contributed by atoms with Gasteiger partial charge in [-0.05, 0) is 42.6 Å². The van der Waals surface area contributed by atoms with Gasteiger partial charge in [-0.25, -0.2) is 0 Å². The summed E-state index contributed by atoms with van der Waals surface area (Å²) in [6.07, 6.45) is 2.28. The summed E-state index contributed by atoms with van der Waals surface area (Å²) in [4.78, 5) is 0. The van der Waals surface area contributed by atoms with Crippen molar-refractivity contribution in [2.75, 3.05) is 6.54 Å². The van der Waals surface area contributed by atoms with E-state index in [1.807, 2.05) is 6.07 Å². The molecule has 0 aliphatic carbocycles. The first-order chi connectivity index (χ1) is 7.17. The topological polar surface area (TPSA) is 25.2 Å². The Labute approximate surface area is 97.0 Å². The summed E-state index contributed by atoms with van der Waals surface area (Å²) in [5, 5.41) is 3.89. The Bertz CT molecular complexity index is 285. The first-order valence-corrected chi connectivity index (χ1v) is 6.03. The molecule has 1 aromatic heterocycles. The van der Waals surface area contributed by atoms with E-state index < -0.39 is 0 Å². The Kier molecular flexibility index (Phi) is 5.20. The lowest BCUT2D eigenvalue weighted by atomic mass is 9.98. The Morgan fingerprint density at radius 3 is 2.60 bits per heavy atom. The minimum Gasteiger partial charge on any atom is -0.448 e. The number of nitrogens with one attached hydrogen (secondary N) is 1. The monoisotopic (exact) mass is 229 g/mol. The average Bonchev–Trinajstić information content (AvgIpc) is 2.64. The van der Waals surface area contributed by atoms with Crippen LogP contribution in [0.2, 0.25) is 5.22 Å². The summed E-state index contributed by atoms with van der Waals surface area (Å²) >= 11 is 5.78. The number of hydrogen-bond donors (Lipinski definition) is 1. The van der Waals surface area contributed by atoms with Crippen molar-refractivity contribution in [3.63, 3.8) is 0 Å². The van der Waals surface area contributed by atoms with Crippen molar-refractivity contribution < 1.29 is 4.42 Å². The second-order valence-electron chi connectivity index (χ2n) is 4.00. The number of furan rings is 1. The summed E-state index contributed by atoms with van der Waals surface area (Å²) in [5.41, 5.74) is 0. The molecule has 3 heteroatoms. The minimum atomic E-state index is 0.289. The minimum absolute atomic E-state index is 0.289. The van der Waals surface area contributed by atoms with Gasteiger partial charge >= 0.3 is 0 Å². The maximum atomic E-state index is 5.78. The van der Waals surface area contributed by atoms with E-state index in [-0.39, 0.29) is 6.04 Å². The predicted molar refractivity (Wildman–Crippen MR) is 64.2 cm³/mol. The van der Waals surface area contributed by atoms with Gasteiger partial charge in [-0.1, -0.05) is 27.2 Å². The molecule has 86 valence electrons. The van der Waals surface area contributed by atoms with Crippen LogP contribution >= 0.6 is 11.6 Å². The van der Waals surface area contributed by atoms with Gasteiger partial charge in [0.1, 0.15) is 5.76 Å². The highest BCUT2D eigenvalue weighted by atomic mass is 35.5. The lowest BCUT2D eigenvalue weighted by molar-refractivity contribution is 0.351. The molecule has 1 rings (SSSR count). The molecule has 0 fully saturated rings. The second-order valence-corrected chi connectivity index (χ2v) is 4.37. The zero-order chi connectivity index (χ0) is 11.3. The molecule has 15 heavy (non-hydrogen) atoms. The maximum absolute atomic E-state index is 5.78. The maximum Gasteiger partial charge on any atom is 0.193 e. The quantitative estimate of drug-likeness (QED) is 0.797. The molecule has 0 amide bonds. The van der Waals surface area contributed by atoms with Gasteiger partial charge < -0.3 is 9.73 Å². The molecule has 0 bridgehead atoms. The van der Waals surface area contributed by atoms with Crippen molar-refractivity contribution in [1.29, 1.82) is 0 Å². The van der Waals surface area contributed by atoms with E-state index in [0.29, 0.717) is 11.1 Å². The molecule has 1 heterocycles. The highest BCUT2D eigenvalue weighted by Crippen LogP contribution is 2.26. The van der Waals surface area contributed by atoms with Gasteiger partial charge in [0.25, 0.3) is 0 Å². The fourth-order valence-corrected chi connectivity index (χ4v) is 1.78. The standard InChI is InChI=1S/C12H20ClNO/c1-4-9(3)8-10(14-5-2)11-6-7-12(13)15-11/h6-7,9-10,14H,4-5,8H2,1-3H3. The molecule has 1 N–H and O–H groups in total. The molecule has 0 aliphatic heterocycles. The SMILES string of the molecule is CCNC(CC(C)CC)c1ccc(Cl)o1. The van der Waals surface area contributed by atoms with Crippen LogP contribution in [0.1, 0.15) is 45.4 Å². The molecule has 2 nitrogen and oxygen atoms in total. The molecule has 2 unspecified atom stereocenters. The highest BCUT2D eigenvalue weighted by molar-refractivity contribution is 6.28. The average molecular weight is 230 g/mol. The van der Waals surface area contributed by atoms with Crippen LogP contribution in [0, 0.1) is 5.92 Å². The molecule has 0 spiro atoms. The summed E-state index contributed by atoms with van der Waals surface area (Å²) in [6, 6.07) is 4.05. The van der Waals surface area contributed by atoms with Crippen LogP contribution in [0.4, 0.5) is 0 Å². The van der Waals surface area contributed by atoms with Crippen molar-refractivity contribution in [3.05, 3.63) is 23.1 Å². The van der Waals surface area contributed by atoms with Crippen molar-refractivity contribution in [3.8, 4) is 0 Å². The van der Waals surface area contributed by atoms with E-state index in [1.165, 1.54) is 6.42 Å². The molecule has 0 saturated carbocycles. The third-order valence-electron chi connectivity index (χ3n) is 2.72. The molecule has 0 saturated heterocycles. The number of halogens is 1. The van der Waals surface area contributed by atoms with Crippen molar-refractivity contribution in [2.24, 2.45) is 5.92 Å². The van der Waals surface area contributed by atoms with E-state index in [9.17, 15) is 0 Å². The Balaban J connectivity index is 2.65. The van der Waals surface area contributed by atoms with E-state index in [2.05, 4.69) is 26.1 Å². The Hall–Kier alpha value is -0.470. The van der Waals surface area contributed by atoms with E-state index in [4.69, 9.17) is 16.0 Å². The van der Waals surface area contributed by atoms with Gasteiger partial charge in [0, 0.05) is 0 Å². The molecule has 0 aromatic carbocycles. The summed E-state index contributed by atoms with van der Waals surface area (Å²) < 4.78 is 5.45.